The summed E-state index contributed by atoms with van der Waals surface area (Å²) in [6, 6.07) is 9.93. The van der Waals surface area contributed by atoms with Crippen molar-refractivity contribution in [3.63, 3.8) is 0 Å². The van der Waals surface area contributed by atoms with E-state index in [9.17, 15) is 4.79 Å². The van der Waals surface area contributed by atoms with Crippen LogP contribution in [0.15, 0.2) is 47.5 Å². The second kappa shape index (κ2) is 3.93. The molecule has 1 aromatic carbocycles. The molecule has 1 aromatic rings. The molecule has 1 heterocycles. The molecule has 0 amide bonds. The van der Waals surface area contributed by atoms with Crippen LogP contribution in [0.3, 0.4) is 0 Å². The van der Waals surface area contributed by atoms with E-state index in [0.717, 1.165) is 11.3 Å². The van der Waals surface area contributed by atoms with Gasteiger partial charge in [-0.15, -0.1) is 0 Å². The molecule has 0 bridgehead atoms. The Kier molecular flexibility index (Phi) is 2.60. The molecule has 0 radical (unpaired) electrons. The number of esters is 1. The quantitative estimate of drug-likeness (QED) is 0.571. The highest BCUT2D eigenvalue weighted by Gasteiger charge is 2.40. The molecule has 1 unspecified atom stereocenters. The van der Waals surface area contributed by atoms with Crippen molar-refractivity contribution < 1.29 is 9.53 Å². The number of hydrogen-bond acceptors (Lipinski definition) is 3. The van der Waals surface area contributed by atoms with E-state index in [4.69, 9.17) is 0 Å². The van der Waals surface area contributed by atoms with Crippen LogP contribution >= 0.6 is 0 Å². The van der Waals surface area contributed by atoms with E-state index in [1.807, 2.05) is 37.3 Å². The average molecular weight is 215 g/mol. The van der Waals surface area contributed by atoms with E-state index in [-0.39, 0.29) is 11.5 Å². The Morgan fingerprint density at radius 3 is 2.69 bits per heavy atom. The summed E-state index contributed by atoms with van der Waals surface area (Å²) < 4.78 is 4.54. The van der Waals surface area contributed by atoms with Crippen LogP contribution in [0, 0.1) is 0 Å². The Hall–Kier alpha value is -1.90. The maximum atomic E-state index is 11.0. The van der Waals surface area contributed by atoms with Crippen LogP contribution < -0.4 is 0 Å². The van der Waals surface area contributed by atoms with Gasteiger partial charge in [-0.1, -0.05) is 30.3 Å². The summed E-state index contributed by atoms with van der Waals surface area (Å²) in [5, 5.41) is 0. The van der Waals surface area contributed by atoms with Crippen molar-refractivity contribution in [1.82, 2.24) is 0 Å². The Morgan fingerprint density at radius 1 is 1.38 bits per heavy atom. The highest BCUT2D eigenvalue weighted by Crippen LogP contribution is 2.33. The van der Waals surface area contributed by atoms with Crippen molar-refractivity contribution in [2.75, 3.05) is 7.11 Å². The molecule has 16 heavy (non-hydrogen) atoms. The van der Waals surface area contributed by atoms with Crippen LogP contribution in [-0.2, 0) is 9.53 Å². The van der Waals surface area contributed by atoms with Crippen molar-refractivity contribution in [2.45, 2.75) is 12.5 Å². The lowest BCUT2D eigenvalue weighted by atomic mass is 10.00. The molecule has 1 aliphatic rings. The fourth-order valence-electron chi connectivity index (χ4n) is 1.57. The van der Waals surface area contributed by atoms with E-state index in [0.29, 0.717) is 0 Å². The number of nitrogens with zero attached hydrogens (tertiary/aromatic N) is 1. The number of benzene rings is 1. The number of ether oxygens (including phenoxy) is 1. The molecule has 1 atom stereocenters. The van der Waals surface area contributed by atoms with Gasteiger partial charge in [0.05, 0.1) is 12.8 Å². The first-order chi connectivity index (χ1) is 7.65. The largest absolute Gasteiger partial charge is 0.466 e. The summed E-state index contributed by atoms with van der Waals surface area (Å²) in [6.07, 6.45) is 3.18. The zero-order chi connectivity index (χ0) is 11.6. The van der Waals surface area contributed by atoms with Gasteiger partial charge < -0.3 is 4.74 Å². The predicted molar refractivity (Wildman–Crippen MR) is 62.5 cm³/mol. The maximum absolute atomic E-state index is 11.0. The van der Waals surface area contributed by atoms with Crippen molar-refractivity contribution >= 4 is 11.7 Å². The number of aliphatic imine (C=N–C) groups is 1. The van der Waals surface area contributed by atoms with Gasteiger partial charge >= 0.3 is 5.97 Å². The summed E-state index contributed by atoms with van der Waals surface area (Å²) in [5.74, 6) is -0.351. The molecule has 3 heteroatoms. The van der Waals surface area contributed by atoms with E-state index < -0.39 is 0 Å². The van der Waals surface area contributed by atoms with Crippen LogP contribution in [0.2, 0.25) is 0 Å². The lowest BCUT2D eigenvalue weighted by molar-refractivity contribution is -0.134. The standard InChI is InChI=1S/C13H13NO2/c1-13(9-8-11(15)16-2)12(14-13)10-6-4-3-5-7-10/h3-9H,1-2H3/b9-8+. The number of rotatable bonds is 3. The minimum absolute atomic E-state index is 0.338. The van der Waals surface area contributed by atoms with Crippen LogP contribution in [-0.4, -0.2) is 24.3 Å². The third-order valence-corrected chi connectivity index (χ3v) is 2.57. The SMILES string of the molecule is COC(=O)/C=C/C1(C)N=C1c1ccccc1. The van der Waals surface area contributed by atoms with Gasteiger partial charge in [-0.3, -0.25) is 4.99 Å². The van der Waals surface area contributed by atoms with Crippen LogP contribution in [0.4, 0.5) is 0 Å². The van der Waals surface area contributed by atoms with Crippen molar-refractivity contribution in [1.29, 1.82) is 0 Å². The maximum Gasteiger partial charge on any atom is 0.330 e. The topological polar surface area (TPSA) is 38.7 Å². The second-order valence-corrected chi connectivity index (χ2v) is 3.83. The summed E-state index contributed by atoms with van der Waals surface area (Å²) in [5.41, 5.74) is 1.77. The second-order valence-electron chi connectivity index (χ2n) is 3.83. The number of methoxy groups -OCH3 is 1. The van der Waals surface area contributed by atoms with Gasteiger partial charge in [-0.05, 0) is 18.6 Å². The number of hydrogen-bond donors (Lipinski definition) is 0. The van der Waals surface area contributed by atoms with Gasteiger partial charge in [0.1, 0.15) is 5.54 Å². The van der Waals surface area contributed by atoms with Gasteiger partial charge in [0.25, 0.3) is 0 Å². The molecular weight excluding hydrogens is 202 g/mol. The molecule has 0 N–H and O–H groups in total. The van der Waals surface area contributed by atoms with Gasteiger partial charge in [0.2, 0.25) is 0 Å². The average Bonchev–Trinajstić information content (AvgIpc) is 3.00. The van der Waals surface area contributed by atoms with Crippen LogP contribution in [0.25, 0.3) is 0 Å². The first-order valence-corrected chi connectivity index (χ1v) is 5.09. The zero-order valence-corrected chi connectivity index (χ0v) is 9.31. The summed E-state index contributed by atoms with van der Waals surface area (Å²) in [6.45, 7) is 1.97. The van der Waals surface area contributed by atoms with Crippen molar-refractivity contribution in [3.8, 4) is 0 Å². The fraction of sp³-hybridized carbons (Fsp3) is 0.231. The van der Waals surface area contributed by atoms with Gasteiger partial charge in [-0.25, -0.2) is 4.79 Å². The summed E-state index contributed by atoms with van der Waals surface area (Å²) in [4.78, 5) is 15.4. The van der Waals surface area contributed by atoms with Crippen molar-refractivity contribution in [2.24, 2.45) is 4.99 Å². The summed E-state index contributed by atoms with van der Waals surface area (Å²) in [7, 11) is 1.36. The zero-order valence-electron chi connectivity index (χ0n) is 9.31. The molecule has 0 saturated heterocycles. The number of carbonyl (C=O) groups excluding carboxylic acids is 1. The monoisotopic (exact) mass is 215 g/mol. The minimum Gasteiger partial charge on any atom is -0.466 e. The molecular formula is C13H13NO2. The Labute approximate surface area is 94.5 Å². The van der Waals surface area contributed by atoms with Crippen LogP contribution in [0.1, 0.15) is 12.5 Å². The van der Waals surface area contributed by atoms with Crippen LogP contribution in [0.5, 0.6) is 0 Å². The third-order valence-electron chi connectivity index (χ3n) is 2.57. The van der Waals surface area contributed by atoms with Crippen molar-refractivity contribution in [3.05, 3.63) is 48.0 Å². The van der Waals surface area contributed by atoms with Gasteiger partial charge in [0.15, 0.2) is 0 Å². The molecule has 3 nitrogen and oxygen atoms in total. The molecule has 0 aromatic heterocycles. The third kappa shape index (κ3) is 2.03. The molecule has 0 saturated carbocycles. The van der Waals surface area contributed by atoms with E-state index in [1.165, 1.54) is 13.2 Å². The number of carbonyl (C=O) groups is 1. The van der Waals surface area contributed by atoms with E-state index >= 15 is 0 Å². The molecule has 0 fully saturated rings. The Bertz CT molecular complexity index is 462. The Balaban J connectivity index is 2.07. The Morgan fingerprint density at radius 2 is 2.06 bits per heavy atom. The molecule has 1 aliphatic heterocycles. The van der Waals surface area contributed by atoms with Gasteiger partial charge in [0, 0.05) is 6.08 Å². The van der Waals surface area contributed by atoms with Gasteiger partial charge in [-0.2, -0.15) is 0 Å². The molecule has 82 valence electrons. The lowest BCUT2D eigenvalue weighted by Gasteiger charge is -2.01. The van der Waals surface area contributed by atoms with E-state index in [1.54, 1.807) is 6.08 Å². The smallest absolute Gasteiger partial charge is 0.330 e. The summed E-state index contributed by atoms with van der Waals surface area (Å²) >= 11 is 0. The minimum atomic E-state index is -0.351. The lowest BCUT2D eigenvalue weighted by Crippen LogP contribution is -2.11. The van der Waals surface area contributed by atoms with E-state index in [2.05, 4.69) is 9.73 Å². The molecule has 0 aliphatic carbocycles. The fourth-order valence-corrected chi connectivity index (χ4v) is 1.57. The normalized spacial score (nSPS) is 23.0. The highest BCUT2D eigenvalue weighted by atomic mass is 16.5. The first kappa shape index (κ1) is 10.6. The predicted octanol–water partition coefficient (Wildman–Crippen LogP) is 1.98. The highest BCUT2D eigenvalue weighted by molar-refractivity contribution is 6.18. The molecule has 2 rings (SSSR count). The molecule has 0 spiro atoms. The first-order valence-electron chi connectivity index (χ1n) is 5.09.